The molecular weight excluding hydrogens is 745 g/mol. The van der Waals surface area contributed by atoms with Crippen LogP contribution in [0.15, 0.2) is 61.2 Å². The molecule has 0 saturated heterocycles. The number of allylic oxidation sites excluding steroid dienone is 2. The molecule has 3 aliphatic carbocycles. The molecule has 8 N–H and O–H groups in total. The van der Waals surface area contributed by atoms with Crippen molar-refractivity contribution in [3.63, 3.8) is 0 Å². The van der Waals surface area contributed by atoms with E-state index in [2.05, 4.69) is 57.3 Å². The molecule has 2 aromatic heterocycles. The van der Waals surface area contributed by atoms with Crippen LogP contribution < -0.4 is 20.5 Å². The summed E-state index contributed by atoms with van der Waals surface area (Å²) in [4.78, 5) is 16.7. The van der Waals surface area contributed by atoms with Crippen LogP contribution in [0.3, 0.4) is 0 Å². The van der Waals surface area contributed by atoms with Crippen molar-refractivity contribution in [1.29, 1.82) is 0 Å². The summed E-state index contributed by atoms with van der Waals surface area (Å²) in [6, 6.07) is 7.20. The van der Waals surface area contributed by atoms with Crippen LogP contribution in [-0.2, 0) is 11.2 Å². The quantitative estimate of drug-likeness (QED) is 0.0851. The van der Waals surface area contributed by atoms with Crippen molar-refractivity contribution in [1.82, 2.24) is 14.9 Å². The molecule has 3 aliphatic heterocycles. The molecule has 6 aliphatic rings. The number of benzene rings is 2. The summed E-state index contributed by atoms with van der Waals surface area (Å²) in [6.45, 7) is 2.01. The van der Waals surface area contributed by atoms with Gasteiger partial charge in [0.1, 0.15) is 29.9 Å². The molecule has 9 atom stereocenters. The van der Waals surface area contributed by atoms with E-state index >= 15 is 0 Å². The number of aromatic hydroxyl groups is 1. The summed E-state index contributed by atoms with van der Waals surface area (Å²) in [5.41, 5.74) is 13.7. The number of H-pyrrole nitrogens is 1. The minimum Gasteiger partial charge on any atom is -0.508 e. The smallest absolute Gasteiger partial charge is 0.191 e. The summed E-state index contributed by atoms with van der Waals surface area (Å²) >= 11 is 0. The van der Waals surface area contributed by atoms with Gasteiger partial charge in [0.15, 0.2) is 17.7 Å². The summed E-state index contributed by atoms with van der Waals surface area (Å²) < 4.78 is 15.2. The first-order valence-electron chi connectivity index (χ1n) is 21.1. The van der Waals surface area contributed by atoms with Gasteiger partial charge in [0.05, 0.1) is 29.1 Å². The molecule has 1 fully saturated rings. The minimum atomic E-state index is -1.09. The number of phenolic OH excluding ortho intramolecular Hbond substituents is 1. The SMILES string of the molecule is CC1C=CC(C(O)CC(=O)CCc2cc3c(cc2O)OC#CC2(CCCC2)C2C#CC(O)c4ccc5c6c4C(CCC6=CNC5N)c4c[nH]c5cn(cc45)C2O3)C(O)C1. The van der Waals surface area contributed by atoms with Crippen LogP contribution in [0.25, 0.3) is 16.5 Å². The van der Waals surface area contributed by atoms with Gasteiger partial charge in [-0.1, -0.05) is 61.8 Å². The van der Waals surface area contributed by atoms with Gasteiger partial charge in [-0.05, 0) is 89.5 Å². The Balaban J connectivity index is 1.03. The molecular formula is C48H50N4O7. The number of Topliss-reactive ketones (excluding diaryl/α,β-unsaturated/α-hetero) is 1. The largest absolute Gasteiger partial charge is 0.508 e. The van der Waals surface area contributed by atoms with Crippen LogP contribution in [0, 0.1) is 47.0 Å². The standard InChI is InChI=1S/C48H50N4O7/c1-26-4-8-31(40(56)18-26)41(57)20-29(53)7-5-27-19-43-42(21-39(27)55)58-17-16-48(14-2-3-15-48)36-12-13-38(54)32-10-11-33-44-28(22-51-46(33)49)6-9-30(45(32)44)34-23-50-37-25-52(24-35(34)37)47(36)59-43/h4,8,10-11,19,21-26,30-31,36,38,40-41,46-47,50-51,54-57H,2-3,5-7,9,14-15,18,20,49H2,1H3. The Morgan fingerprint density at radius 3 is 2.75 bits per heavy atom. The number of fused-ring (bicyclic) bond motifs is 6. The highest BCUT2D eigenvalue weighted by atomic mass is 16.5. The fourth-order valence-electron chi connectivity index (χ4n) is 10.7. The molecule has 2 aromatic carbocycles. The van der Waals surface area contributed by atoms with E-state index in [0.717, 1.165) is 77.2 Å². The number of carbonyl (C=O) groups excluding carboxylic acids is 1. The van der Waals surface area contributed by atoms with Crippen molar-refractivity contribution >= 4 is 22.3 Å². The molecule has 0 radical (unpaired) electrons. The molecule has 10 rings (SSSR count). The molecule has 5 heterocycles. The van der Waals surface area contributed by atoms with Crippen LogP contribution in [0.4, 0.5) is 0 Å². The van der Waals surface area contributed by atoms with E-state index in [1.165, 1.54) is 11.6 Å². The Kier molecular flexibility index (Phi) is 9.41. The second-order valence-corrected chi connectivity index (χ2v) is 17.6. The number of hydrogen-bond donors (Lipinski definition) is 7. The summed E-state index contributed by atoms with van der Waals surface area (Å²) in [5, 5.41) is 49.1. The zero-order valence-corrected chi connectivity index (χ0v) is 33.1. The number of ketones is 1. The van der Waals surface area contributed by atoms with E-state index in [0.29, 0.717) is 17.7 Å². The highest BCUT2D eigenvalue weighted by molar-refractivity contribution is 5.86. The number of phenols is 1. The van der Waals surface area contributed by atoms with Gasteiger partial charge in [0.2, 0.25) is 0 Å². The number of aliphatic hydroxyl groups excluding tert-OH is 3. The first kappa shape index (κ1) is 37.8. The van der Waals surface area contributed by atoms with Gasteiger partial charge in [-0.2, -0.15) is 0 Å². The fraction of sp³-hybridized carbons (Fsp3) is 0.438. The van der Waals surface area contributed by atoms with Gasteiger partial charge in [0, 0.05) is 60.9 Å². The predicted octanol–water partition coefficient (Wildman–Crippen LogP) is 6.49. The first-order chi connectivity index (χ1) is 28.6. The molecule has 1 spiro atoms. The number of nitrogens with one attached hydrogen (secondary N) is 2. The molecule has 11 heteroatoms. The average molecular weight is 795 g/mol. The lowest BCUT2D eigenvalue weighted by Crippen LogP contribution is -2.36. The van der Waals surface area contributed by atoms with Gasteiger partial charge >= 0.3 is 0 Å². The molecule has 1 saturated carbocycles. The van der Waals surface area contributed by atoms with Crippen molar-refractivity contribution in [2.45, 2.75) is 108 Å². The van der Waals surface area contributed by atoms with Gasteiger partial charge in [-0.15, -0.1) is 0 Å². The number of rotatable bonds is 6. The first-order valence-corrected chi connectivity index (χ1v) is 21.1. The third-order valence-electron chi connectivity index (χ3n) is 13.8. The second kappa shape index (κ2) is 14.7. The monoisotopic (exact) mass is 794 g/mol. The lowest BCUT2D eigenvalue weighted by atomic mass is 9.71. The molecule has 2 bridgehead atoms. The molecule has 11 nitrogen and oxygen atoms in total. The number of ether oxygens (including phenoxy) is 2. The number of aromatic amines is 1. The zero-order valence-electron chi connectivity index (χ0n) is 33.1. The number of nitrogens with zero attached hydrogens (tertiary/aromatic N) is 1. The lowest BCUT2D eigenvalue weighted by molar-refractivity contribution is -0.122. The van der Waals surface area contributed by atoms with Crippen LogP contribution in [0.1, 0.15) is 123 Å². The van der Waals surface area contributed by atoms with Crippen molar-refractivity contribution in [3.05, 3.63) is 94.6 Å². The number of aliphatic hydroxyl groups is 3. The molecule has 0 amide bonds. The summed E-state index contributed by atoms with van der Waals surface area (Å²) in [7, 11) is 0. The highest BCUT2D eigenvalue weighted by Crippen LogP contribution is 2.53. The second-order valence-electron chi connectivity index (χ2n) is 17.6. The Morgan fingerprint density at radius 1 is 1.08 bits per heavy atom. The zero-order chi connectivity index (χ0) is 40.6. The Bertz CT molecular complexity index is 2540. The maximum Gasteiger partial charge on any atom is 0.191 e. The summed E-state index contributed by atoms with van der Waals surface area (Å²) in [5.74, 6) is 9.89. The maximum atomic E-state index is 13.2. The van der Waals surface area contributed by atoms with E-state index in [9.17, 15) is 25.2 Å². The fourth-order valence-corrected chi connectivity index (χ4v) is 10.7. The number of hydrogen-bond acceptors (Lipinski definition) is 9. The highest BCUT2D eigenvalue weighted by Gasteiger charge is 2.47. The van der Waals surface area contributed by atoms with Gasteiger partial charge in [-0.25, -0.2) is 0 Å². The van der Waals surface area contributed by atoms with Crippen LogP contribution in [0.5, 0.6) is 17.2 Å². The maximum absolute atomic E-state index is 13.2. The van der Waals surface area contributed by atoms with E-state index < -0.39 is 41.8 Å². The summed E-state index contributed by atoms with van der Waals surface area (Å²) in [6.07, 6.45) is 17.0. The molecule has 304 valence electrons. The van der Waals surface area contributed by atoms with Crippen molar-refractivity contribution < 1.29 is 34.7 Å². The Labute approximate surface area is 343 Å². The number of aromatic nitrogens is 2. The van der Waals surface area contributed by atoms with Crippen molar-refractivity contribution in [3.8, 4) is 41.1 Å². The Hall–Kier alpha value is -5.43. The van der Waals surface area contributed by atoms with E-state index in [1.807, 2.05) is 37.4 Å². The molecule has 59 heavy (non-hydrogen) atoms. The number of nitrogens with two attached hydrogens (primary N) is 1. The van der Waals surface area contributed by atoms with Crippen molar-refractivity contribution in [2.24, 2.45) is 28.9 Å². The van der Waals surface area contributed by atoms with Gasteiger partial charge in [-0.3, -0.25) is 4.79 Å². The minimum absolute atomic E-state index is 0.0106. The number of carbonyl (C=O) groups is 1. The van der Waals surface area contributed by atoms with Crippen LogP contribution >= 0.6 is 0 Å². The predicted molar refractivity (Wildman–Crippen MR) is 222 cm³/mol. The van der Waals surface area contributed by atoms with Crippen LogP contribution in [-0.4, -0.2) is 48.0 Å². The van der Waals surface area contributed by atoms with Gasteiger partial charge in [0.25, 0.3) is 0 Å². The normalized spacial score (nSPS) is 28.8. The van der Waals surface area contributed by atoms with E-state index in [-0.39, 0.29) is 54.5 Å². The van der Waals surface area contributed by atoms with E-state index in [4.69, 9.17) is 15.2 Å². The molecule has 4 aromatic rings. The van der Waals surface area contributed by atoms with Crippen molar-refractivity contribution in [2.75, 3.05) is 0 Å². The molecule has 9 unspecified atom stereocenters. The van der Waals surface area contributed by atoms with Gasteiger partial charge < -0.3 is 50.5 Å². The topological polar surface area (TPSA) is 175 Å². The third-order valence-corrected chi connectivity index (χ3v) is 13.8. The van der Waals surface area contributed by atoms with E-state index in [1.54, 1.807) is 6.07 Å². The third kappa shape index (κ3) is 6.52. The van der Waals surface area contributed by atoms with Crippen LogP contribution in [0.2, 0.25) is 0 Å². The average Bonchev–Trinajstić information content (AvgIpc) is 3.96. The Morgan fingerprint density at radius 2 is 1.92 bits per heavy atom. The lowest BCUT2D eigenvalue weighted by Gasteiger charge is -2.37. The number of aryl methyl sites for hydroxylation is 1.